The SMILES string of the molecule is CCCC1(O)CN(C(=O)C(C)(C)OC)C1. The molecule has 4 heteroatoms. The van der Waals surface area contributed by atoms with Gasteiger partial charge in [0, 0.05) is 7.11 Å². The predicted molar refractivity (Wildman–Crippen MR) is 57.5 cm³/mol. The number of likely N-dealkylation sites (tertiary alicyclic amines) is 1. The van der Waals surface area contributed by atoms with Crippen molar-refractivity contribution < 1.29 is 14.6 Å². The van der Waals surface area contributed by atoms with Gasteiger partial charge in [0.1, 0.15) is 5.60 Å². The smallest absolute Gasteiger partial charge is 0.254 e. The van der Waals surface area contributed by atoms with Crippen LogP contribution in [0.5, 0.6) is 0 Å². The minimum atomic E-state index is -0.784. The molecule has 88 valence electrons. The van der Waals surface area contributed by atoms with Crippen molar-refractivity contribution in [1.29, 1.82) is 0 Å². The maximum absolute atomic E-state index is 11.9. The average Bonchev–Trinajstić information content (AvgIpc) is 2.13. The van der Waals surface area contributed by atoms with E-state index < -0.39 is 11.2 Å². The van der Waals surface area contributed by atoms with Crippen LogP contribution in [0.25, 0.3) is 0 Å². The second-order valence-electron chi connectivity index (χ2n) is 4.85. The molecular formula is C11H21NO3. The zero-order valence-electron chi connectivity index (χ0n) is 10.0. The van der Waals surface area contributed by atoms with E-state index in [0.717, 1.165) is 12.8 Å². The van der Waals surface area contributed by atoms with E-state index >= 15 is 0 Å². The number of methoxy groups -OCH3 is 1. The number of hydrogen-bond acceptors (Lipinski definition) is 3. The summed E-state index contributed by atoms with van der Waals surface area (Å²) in [6.07, 6.45) is 1.69. The minimum Gasteiger partial charge on any atom is -0.386 e. The molecule has 1 N–H and O–H groups in total. The summed E-state index contributed by atoms with van der Waals surface area (Å²) in [6.45, 7) is 6.39. The zero-order chi connectivity index (χ0) is 11.7. The highest BCUT2D eigenvalue weighted by atomic mass is 16.5. The highest BCUT2D eigenvalue weighted by Crippen LogP contribution is 2.28. The lowest BCUT2D eigenvalue weighted by atomic mass is 9.88. The summed E-state index contributed by atoms with van der Waals surface area (Å²) in [5.41, 5.74) is -1.44. The fourth-order valence-electron chi connectivity index (χ4n) is 1.90. The van der Waals surface area contributed by atoms with Gasteiger partial charge >= 0.3 is 0 Å². The summed E-state index contributed by atoms with van der Waals surface area (Å²) < 4.78 is 5.11. The van der Waals surface area contributed by atoms with Crippen molar-refractivity contribution in [2.45, 2.75) is 44.8 Å². The molecule has 15 heavy (non-hydrogen) atoms. The first-order valence-electron chi connectivity index (χ1n) is 5.41. The Morgan fingerprint density at radius 2 is 2.07 bits per heavy atom. The van der Waals surface area contributed by atoms with E-state index in [9.17, 15) is 9.90 Å². The second-order valence-corrected chi connectivity index (χ2v) is 4.85. The molecule has 1 saturated heterocycles. The molecule has 0 unspecified atom stereocenters. The topological polar surface area (TPSA) is 49.8 Å². The number of rotatable bonds is 4. The quantitative estimate of drug-likeness (QED) is 0.754. The van der Waals surface area contributed by atoms with Gasteiger partial charge in [-0.2, -0.15) is 0 Å². The van der Waals surface area contributed by atoms with Gasteiger partial charge in [0.2, 0.25) is 0 Å². The normalized spacial score (nSPS) is 19.9. The Balaban J connectivity index is 2.48. The Hall–Kier alpha value is -0.610. The third-order valence-electron chi connectivity index (χ3n) is 3.00. The van der Waals surface area contributed by atoms with E-state index in [2.05, 4.69) is 0 Å². The molecule has 1 aliphatic heterocycles. The molecule has 1 heterocycles. The van der Waals surface area contributed by atoms with Crippen molar-refractivity contribution in [1.82, 2.24) is 4.90 Å². The molecule has 4 nitrogen and oxygen atoms in total. The summed E-state index contributed by atoms with van der Waals surface area (Å²) in [4.78, 5) is 13.5. The fraction of sp³-hybridized carbons (Fsp3) is 0.909. The molecule has 0 aromatic carbocycles. The van der Waals surface area contributed by atoms with E-state index in [-0.39, 0.29) is 5.91 Å². The van der Waals surface area contributed by atoms with Gasteiger partial charge in [0.05, 0.1) is 18.7 Å². The average molecular weight is 215 g/mol. The predicted octanol–water partition coefficient (Wildman–Crippen LogP) is 0.785. The molecule has 0 saturated carbocycles. The molecule has 0 radical (unpaired) electrons. The molecule has 0 aromatic rings. The van der Waals surface area contributed by atoms with E-state index in [1.54, 1.807) is 18.7 Å². The highest BCUT2D eigenvalue weighted by molar-refractivity contribution is 5.85. The number of β-amino-alcohol motifs (C(OH)–C–C–N with tert-alkyl or cyclic N) is 1. The van der Waals surface area contributed by atoms with Crippen molar-refractivity contribution in [2.24, 2.45) is 0 Å². The van der Waals surface area contributed by atoms with Crippen LogP contribution in [0.3, 0.4) is 0 Å². The first kappa shape index (κ1) is 12.5. The molecule has 0 atom stereocenters. The van der Waals surface area contributed by atoms with Gasteiger partial charge in [-0.1, -0.05) is 13.3 Å². The Bertz CT molecular complexity index is 244. The van der Waals surface area contributed by atoms with E-state index in [0.29, 0.717) is 13.1 Å². The fourth-order valence-corrected chi connectivity index (χ4v) is 1.90. The van der Waals surface area contributed by atoms with Gasteiger partial charge < -0.3 is 14.7 Å². The minimum absolute atomic E-state index is 0.0502. The molecule has 0 aromatic heterocycles. The van der Waals surface area contributed by atoms with Crippen molar-refractivity contribution in [3.05, 3.63) is 0 Å². The van der Waals surface area contributed by atoms with Crippen LogP contribution in [0, 0.1) is 0 Å². The van der Waals surface area contributed by atoms with Crippen molar-refractivity contribution in [3.63, 3.8) is 0 Å². The van der Waals surface area contributed by atoms with Crippen LogP contribution in [-0.2, 0) is 9.53 Å². The van der Waals surface area contributed by atoms with Crippen LogP contribution in [-0.4, -0.2) is 47.3 Å². The lowest BCUT2D eigenvalue weighted by Gasteiger charge is -2.48. The van der Waals surface area contributed by atoms with Crippen molar-refractivity contribution in [2.75, 3.05) is 20.2 Å². The van der Waals surface area contributed by atoms with Gasteiger partial charge in [0.25, 0.3) is 5.91 Å². The molecular weight excluding hydrogens is 194 g/mol. The third kappa shape index (κ3) is 2.49. The molecule has 0 aliphatic carbocycles. The van der Waals surface area contributed by atoms with Gasteiger partial charge in [-0.05, 0) is 20.3 Å². The monoisotopic (exact) mass is 215 g/mol. The Morgan fingerprint density at radius 3 is 2.47 bits per heavy atom. The van der Waals surface area contributed by atoms with E-state index in [4.69, 9.17) is 4.74 Å². The largest absolute Gasteiger partial charge is 0.386 e. The van der Waals surface area contributed by atoms with Gasteiger partial charge in [-0.15, -0.1) is 0 Å². The van der Waals surface area contributed by atoms with Crippen LogP contribution in [0.1, 0.15) is 33.6 Å². The van der Waals surface area contributed by atoms with Crippen LogP contribution in [0.15, 0.2) is 0 Å². The van der Waals surface area contributed by atoms with Crippen molar-refractivity contribution in [3.8, 4) is 0 Å². The number of carbonyl (C=O) groups is 1. The Morgan fingerprint density at radius 1 is 1.53 bits per heavy atom. The second kappa shape index (κ2) is 4.10. The van der Waals surface area contributed by atoms with Gasteiger partial charge in [-0.25, -0.2) is 0 Å². The summed E-state index contributed by atoms with van der Waals surface area (Å²) in [5, 5.41) is 9.93. The summed E-state index contributed by atoms with van der Waals surface area (Å²) in [5.74, 6) is -0.0502. The molecule has 1 rings (SSSR count). The maximum atomic E-state index is 11.9. The zero-order valence-corrected chi connectivity index (χ0v) is 10.0. The number of amides is 1. The molecule has 1 amide bonds. The summed E-state index contributed by atoms with van der Waals surface area (Å²) in [7, 11) is 1.52. The van der Waals surface area contributed by atoms with Crippen LogP contribution < -0.4 is 0 Å². The highest BCUT2D eigenvalue weighted by Gasteiger charge is 2.46. The number of ether oxygens (including phenoxy) is 1. The van der Waals surface area contributed by atoms with E-state index in [1.165, 1.54) is 7.11 Å². The van der Waals surface area contributed by atoms with Crippen LogP contribution in [0.2, 0.25) is 0 Å². The molecule has 0 bridgehead atoms. The van der Waals surface area contributed by atoms with Crippen molar-refractivity contribution >= 4 is 5.91 Å². The lowest BCUT2D eigenvalue weighted by molar-refractivity contribution is -0.174. The van der Waals surface area contributed by atoms with Crippen LogP contribution in [0.4, 0.5) is 0 Å². The molecule has 0 spiro atoms. The number of hydrogen-bond donors (Lipinski definition) is 1. The number of aliphatic hydroxyl groups is 1. The third-order valence-corrected chi connectivity index (χ3v) is 3.00. The Kier molecular flexibility index (Phi) is 3.41. The molecule has 1 aliphatic rings. The summed E-state index contributed by atoms with van der Waals surface area (Å²) in [6, 6.07) is 0. The Labute approximate surface area is 91.2 Å². The van der Waals surface area contributed by atoms with Crippen LogP contribution >= 0.6 is 0 Å². The maximum Gasteiger partial charge on any atom is 0.254 e. The van der Waals surface area contributed by atoms with Gasteiger partial charge in [0.15, 0.2) is 0 Å². The lowest BCUT2D eigenvalue weighted by Crippen LogP contribution is -2.66. The standard InChI is InChI=1S/C11H21NO3/c1-5-6-11(14)7-12(8-11)9(13)10(2,3)15-4/h14H,5-8H2,1-4H3. The van der Waals surface area contributed by atoms with E-state index in [1.807, 2.05) is 6.92 Å². The first-order valence-corrected chi connectivity index (χ1v) is 5.41. The number of carbonyl (C=O) groups excluding carboxylic acids is 1. The first-order chi connectivity index (χ1) is 6.84. The molecule has 1 fully saturated rings. The number of nitrogens with zero attached hydrogens (tertiary/aromatic N) is 1. The summed E-state index contributed by atoms with van der Waals surface area (Å²) >= 11 is 0. The van der Waals surface area contributed by atoms with Gasteiger partial charge in [-0.3, -0.25) is 4.79 Å².